The lowest BCUT2D eigenvalue weighted by molar-refractivity contribution is 0.0946. The Hall–Kier alpha value is -3.82. The van der Waals surface area contributed by atoms with Gasteiger partial charge in [0, 0.05) is 54.9 Å². The zero-order valence-electron chi connectivity index (χ0n) is 21.9. The van der Waals surface area contributed by atoms with Crippen molar-refractivity contribution in [3.8, 4) is 11.5 Å². The Morgan fingerprint density at radius 3 is 2.68 bits per heavy atom. The van der Waals surface area contributed by atoms with Gasteiger partial charge in [-0.3, -0.25) is 9.69 Å². The van der Waals surface area contributed by atoms with Gasteiger partial charge in [-0.15, -0.1) is 0 Å². The summed E-state index contributed by atoms with van der Waals surface area (Å²) in [6.45, 7) is 3.11. The molecule has 2 N–H and O–H groups in total. The van der Waals surface area contributed by atoms with Crippen LogP contribution in [-0.2, 0) is 19.5 Å². The molecule has 196 valence electrons. The fourth-order valence-corrected chi connectivity index (χ4v) is 4.22. The molecule has 2 aromatic carbocycles. The molecule has 0 aliphatic heterocycles. The first-order valence-electron chi connectivity index (χ1n) is 12.3. The molecule has 4 rings (SSSR count). The quantitative estimate of drug-likeness (QED) is 0.286. The highest BCUT2D eigenvalue weighted by Crippen LogP contribution is 2.27. The summed E-state index contributed by atoms with van der Waals surface area (Å²) in [4.78, 5) is 24.5. The highest BCUT2D eigenvalue weighted by atomic mass is 16.5. The summed E-state index contributed by atoms with van der Waals surface area (Å²) in [5.74, 6) is 1.75. The van der Waals surface area contributed by atoms with E-state index in [2.05, 4.69) is 44.6 Å². The van der Waals surface area contributed by atoms with Crippen LogP contribution >= 0.6 is 0 Å². The van der Waals surface area contributed by atoms with Crippen molar-refractivity contribution < 1.29 is 18.7 Å². The third-order valence-corrected chi connectivity index (χ3v) is 6.25. The number of carbonyl (C=O) groups excluding carboxylic acids is 1. The minimum atomic E-state index is -0.237. The number of nitrogens with zero attached hydrogens (tertiary/aromatic N) is 3. The molecule has 37 heavy (non-hydrogen) atoms. The van der Waals surface area contributed by atoms with E-state index in [1.54, 1.807) is 14.2 Å². The molecule has 2 heterocycles. The van der Waals surface area contributed by atoms with Gasteiger partial charge in [0.1, 0.15) is 17.8 Å². The molecule has 4 aromatic rings. The van der Waals surface area contributed by atoms with E-state index in [-0.39, 0.29) is 11.6 Å². The first kappa shape index (κ1) is 26.2. The Labute approximate surface area is 217 Å². The van der Waals surface area contributed by atoms with Gasteiger partial charge in [0.15, 0.2) is 5.69 Å². The summed E-state index contributed by atoms with van der Waals surface area (Å²) in [5, 5.41) is 4.09. The maximum absolute atomic E-state index is 12.5. The lowest BCUT2D eigenvalue weighted by Gasteiger charge is -2.22. The second-order valence-electron chi connectivity index (χ2n) is 9.18. The number of aromatic amines is 1. The van der Waals surface area contributed by atoms with Crippen LogP contribution in [0.3, 0.4) is 0 Å². The minimum Gasteiger partial charge on any atom is -0.497 e. The number of likely N-dealkylation sites (N-methyl/N-ethyl adjacent to an activating group) is 1. The Kier molecular flexibility index (Phi) is 8.81. The van der Waals surface area contributed by atoms with Crippen molar-refractivity contribution in [2.75, 3.05) is 47.9 Å². The van der Waals surface area contributed by atoms with Crippen LogP contribution < -0.4 is 14.8 Å². The predicted molar refractivity (Wildman–Crippen MR) is 143 cm³/mol. The van der Waals surface area contributed by atoms with Crippen molar-refractivity contribution >= 4 is 16.8 Å². The van der Waals surface area contributed by atoms with Crippen LogP contribution in [0.1, 0.15) is 27.5 Å². The number of rotatable bonds is 13. The molecule has 0 aliphatic rings. The molecule has 9 nitrogen and oxygen atoms in total. The van der Waals surface area contributed by atoms with E-state index in [4.69, 9.17) is 13.9 Å². The standard InChI is InChI=1S/C28H35N5O4/c1-32(2)14-12-29-28(34)25-19-37-27(31-25)18-33(17-21-9-10-22(35-3)15-26(21)36-4)13-11-20-16-30-24-8-6-5-7-23(20)24/h5-10,15-16,19,30H,11-14,17-18H2,1-4H3,(H,29,34). The molecule has 0 spiro atoms. The summed E-state index contributed by atoms with van der Waals surface area (Å²) >= 11 is 0. The summed E-state index contributed by atoms with van der Waals surface area (Å²) in [6.07, 6.45) is 4.32. The molecule has 0 aliphatic carbocycles. The van der Waals surface area contributed by atoms with Crippen molar-refractivity contribution in [1.82, 2.24) is 25.1 Å². The van der Waals surface area contributed by atoms with Crippen LogP contribution in [0.25, 0.3) is 10.9 Å². The molecule has 0 fully saturated rings. The Balaban J connectivity index is 1.50. The van der Waals surface area contributed by atoms with Gasteiger partial charge < -0.3 is 29.1 Å². The average molecular weight is 506 g/mol. The number of oxazole rings is 1. The maximum atomic E-state index is 12.5. The van der Waals surface area contributed by atoms with Crippen molar-refractivity contribution in [2.45, 2.75) is 19.5 Å². The topological polar surface area (TPSA) is 95.9 Å². The summed E-state index contributed by atoms with van der Waals surface area (Å²) in [5.41, 5.74) is 3.68. The highest BCUT2D eigenvalue weighted by Gasteiger charge is 2.18. The maximum Gasteiger partial charge on any atom is 0.273 e. The van der Waals surface area contributed by atoms with Crippen LogP contribution in [0.15, 0.2) is 59.3 Å². The Morgan fingerprint density at radius 1 is 1.05 bits per heavy atom. The molecular formula is C28H35N5O4. The molecule has 0 radical (unpaired) electrons. The normalized spacial score (nSPS) is 11.4. The fourth-order valence-electron chi connectivity index (χ4n) is 4.22. The van der Waals surface area contributed by atoms with Gasteiger partial charge in [0.05, 0.1) is 20.8 Å². The number of methoxy groups -OCH3 is 2. The van der Waals surface area contributed by atoms with E-state index in [0.29, 0.717) is 25.5 Å². The lowest BCUT2D eigenvalue weighted by atomic mass is 10.1. The second-order valence-corrected chi connectivity index (χ2v) is 9.18. The van der Waals surface area contributed by atoms with Crippen LogP contribution in [0.4, 0.5) is 0 Å². The summed E-state index contributed by atoms with van der Waals surface area (Å²) in [7, 11) is 7.22. The van der Waals surface area contributed by atoms with Crippen molar-refractivity contribution in [1.29, 1.82) is 0 Å². The van der Waals surface area contributed by atoms with Crippen LogP contribution in [-0.4, -0.2) is 73.6 Å². The number of hydrogen-bond acceptors (Lipinski definition) is 7. The molecule has 9 heteroatoms. The molecule has 0 atom stereocenters. The largest absolute Gasteiger partial charge is 0.497 e. The number of aromatic nitrogens is 2. The zero-order valence-corrected chi connectivity index (χ0v) is 21.9. The lowest BCUT2D eigenvalue weighted by Crippen LogP contribution is -2.31. The molecule has 0 saturated carbocycles. The van der Waals surface area contributed by atoms with Gasteiger partial charge in [-0.25, -0.2) is 4.98 Å². The molecule has 0 bridgehead atoms. The third-order valence-electron chi connectivity index (χ3n) is 6.25. The van der Waals surface area contributed by atoms with E-state index < -0.39 is 0 Å². The van der Waals surface area contributed by atoms with Crippen LogP contribution in [0.5, 0.6) is 11.5 Å². The van der Waals surface area contributed by atoms with Gasteiger partial charge in [-0.05, 0) is 38.2 Å². The van der Waals surface area contributed by atoms with Crippen molar-refractivity contribution in [3.63, 3.8) is 0 Å². The number of fused-ring (bicyclic) bond motifs is 1. The first-order valence-corrected chi connectivity index (χ1v) is 12.3. The van der Waals surface area contributed by atoms with Gasteiger partial charge in [0.2, 0.25) is 5.89 Å². The number of benzene rings is 2. The fraction of sp³-hybridized carbons (Fsp3) is 0.357. The Morgan fingerprint density at radius 2 is 1.89 bits per heavy atom. The van der Waals surface area contributed by atoms with E-state index in [0.717, 1.165) is 42.1 Å². The van der Waals surface area contributed by atoms with Gasteiger partial charge >= 0.3 is 0 Å². The minimum absolute atomic E-state index is 0.237. The van der Waals surface area contributed by atoms with E-state index in [9.17, 15) is 4.79 Å². The molecule has 0 unspecified atom stereocenters. The number of ether oxygens (including phenoxy) is 2. The molecule has 1 amide bonds. The number of nitrogens with one attached hydrogen (secondary N) is 2. The average Bonchev–Trinajstić information content (AvgIpc) is 3.54. The van der Waals surface area contributed by atoms with Crippen molar-refractivity contribution in [2.24, 2.45) is 0 Å². The summed E-state index contributed by atoms with van der Waals surface area (Å²) in [6, 6.07) is 14.1. The van der Waals surface area contributed by atoms with E-state index in [1.807, 2.05) is 43.3 Å². The van der Waals surface area contributed by atoms with E-state index in [1.165, 1.54) is 17.2 Å². The number of para-hydroxylation sites is 1. The van der Waals surface area contributed by atoms with Crippen LogP contribution in [0.2, 0.25) is 0 Å². The SMILES string of the molecule is COc1ccc(CN(CCc2c[nH]c3ccccc23)Cc2nc(C(=O)NCCN(C)C)co2)c(OC)c1. The smallest absolute Gasteiger partial charge is 0.273 e. The third kappa shape index (κ3) is 6.90. The van der Waals surface area contributed by atoms with Crippen molar-refractivity contribution in [3.05, 3.63) is 77.6 Å². The number of H-pyrrole nitrogens is 1. The van der Waals surface area contributed by atoms with Crippen LogP contribution in [0, 0.1) is 0 Å². The van der Waals surface area contributed by atoms with E-state index >= 15 is 0 Å². The van der Waals surface area contributed by atoms with Gasteiger partial charge in [-0.2, -0.15) is 0 Å². The second kappa shape index (κ2) is 12.4. The monoisotopic (exact) mass is 505 g/mol. The first-order chi connectivity index (χ1) is 18.0. The van der Waals surface area contributed by atoms with Gasteiger partial charge in [-0.1, -0.05) is 24.3 Å². The van der Waals surface area contributed by atoms with Gasteiger partial charge in [0.25, 0.3) is 5.91 Å². The predicted octanol–water partition coefficient (Wildman–Crippen LogP) is 3.71. The molecule has 0 saturated heterocycles. The number of hydrogen-bond donors (Lipinski definition) is 2. The molecule has 2 aromatic heterocycles. The number of amides is 1. The summed E-state index contributed by atoms with van der Waals surface area (Å²) < 4.78 is 16.7. The molecular weight excluding hydrogens is 470 g/mol. The number of carbonyl (C=O) groups is 1. The zero-order chi connectivity index (χ0) is 26.2. The Bertz CT molecular complexity index is 1310. The highest BCUT2D eigenvalue weighted by molar-refractivity contribution is 5.91.